The van der Waals surface area contributed by atoms with Gasteiger partial charge in [-0.1, -0.05) is 23.4 Å². The first-order valence-corrected chi connectivity index (χ1v) is 6.75. The van der Waals surface area contributed by atoms with Crippen LogP contribution in [0.3, 0.4) is 0 Å². The molecule has 2 amide bonds. The molecule has 1 aromatic heterocycles. The molecule has 0 fully saturated rings. The molecule has 0 saturated heterocycles. The Labute approximate surface area is 123 Å². The molecule has 112 valence electrons. The molecule has 0 aliphatic carbocycles. The smallest absolute Gasteiger partial charge is 0.315 e. The van der Waals surface area contributed by atoms with Crippen molar-refractivity contribution >= 4 is 6.03 Å². The van der Waals surface area contributed by atoms with Gasteiger partial charge in [0, 0.05) is 0 Å². The molecule has 0 aliphatic rings. The Bertz CT molecular complexity index is 584. The third kappa shape index (κ3) is 4.03. The van der Waals surface area contributed by atoms with Crippen molar-refractivity contribution in [1.29, 1.82) is 0 Å². The predicted octanol–water partition coefficient (Wildman–Crippen LogP) is 1.01. The topological polar surface area (TPSA) is 92.1 Å². The van der Waals surface area contributed by atoms with E-state index in [0.29, 0.717) is 5.69 Å². The summed E-state index contributed by atoms with van der Waals surface area (Å²) >= 11 is 0. The maximum Gasteiger partial charge on any atom is 0.315 e. The predicted molar refractivity (Wildman–Crippen MR) is 78.0 cm³/mol. The van der Waals surface area contributed by atoms with E-state index in [1.807, 2.05) is 37.3 Å². The van der Waals surface area contributed by atoms with Gasteiger partial charge in [-0.25, -0.2) is 9.48 Å². The van der Waals surface area contributed by atoms with Crippen LogP contribution in [0.5, 0.6) is 0 Å². The van der Waals surface area contributed by atoms with Crippen LogP contribution in [0.4, 0.5) is 4.79 Å². The molecule has 7 nitrogen and oxygen atoms in total. The quantitative estimate of drug-likeness (QED) is 0.766. The number of amides is 2. The van der Waals surface area contributed by atoms with E-state index in [2.05, 4.69) is 20.9 Å². The SMILES string of the molecule is CC(CO)NC(=O)NC(C)c1cn(-c2ccccc2)nn1. The molecule has 0 radical (unpaired) electrons. The first-order chi connectivity index (χ1) is 10.1. The summed E-state index contributed by atoms with van der Waals surface area (Å²) in [4.78, 5) is 11.7. The van der Waals surface area contributed by atoms with Gasteiger partial charge in [0.2, 0.25) is 0 Å². The monoisotopic (exact) mass is 289 g/mol. The van der Waals surface area contributed by atoms with Gasteiger partial charge in [0.05, 0.1) is 30.6 Å². The molecule has 7 heteroatoms. The van der Waals surface area contributed by atoms with Gasteiger partial charge in [0.1, 0.15) is 5.69 Å². The van der Waals surface area contributed by atoms with Crippen LogP contribution in [-0.2, 0) is 0 Å². The number of hydrogen-bond donors (Lipinski definition) is 3. The highest BCUT2D eigenvalue weighted by molar-refractivity contribution is 5.74. The highest BCUT2D eigenvalue weighted by atomic mass is 16.3. The number of nitrogens with zero attached hydrogens (tertiary/aromatic N) is 3. The van der Waals surface area contributed by atoms with E-state index in [1.165, 1.54) is 0 Å². The lowest BCUT2D eigenvalue weighted by atomic mass is 10.2. The molecule has 0 saturated carbocycles. The van der Waals surface area contributed by atoms with Crippen molar-refractivity contribution in [2.75, 3.05) is 6.61 Å². The Morgan fingerprint density at radius 2 is 2.00 bits per heavy atom. The summed E-state index contributed by atoms with van der Waals surface area (Å²) in [7, 11) is 0. The molecule has 0 aliphatic heterocycles. The molecular formula is C14H19N5O2. The number of nitrogens with one attached hydrogen (secondary N) is 2. The zero-order valence-corrected chi connectivity index (χ0v) is 12.0. The Kier molecular flexibility index (Phi) is 4.89. The van der Waals surface area contributed by atoms with Gasteiger partial charge in [-0.3, -0.25) is 0 Å². The van der Waals surface area contributed by atoms with Crippen molar-refractivity contribution in [3.8, 4) is 5.69 Å². The largest absolute Gasteiger partial charge is 0.394 e. The number of aliphatic hydroxyl groups excluding tert-OH is 1. The maximum atomic E-state index is 11.7. The molecule has 2 atom stereocenters. The summed E-state index contributed by atoms with van der Waals surface area (Å²) < 4.78 is 1.65. The zero-order valence-electron chi connectivity index (χ0n) is 12.0. The van der Waals surface area contributed by atoms with E-state index < -0.39 is 0 Å². The maximum absolute atomic E-state index is 11.7. The average Bonchev–Trinajstić information content (AvgIpc) is 2.97. The lowest BCUT2D eigenvalue weighted by Crippen LogP contribution is -2.43. The van der Waals surface area contributed by atoms with Crippen LogP contribution in [0.2, 0.25) is 0 Å². The molecule has 2 unspecified atom stereocenters. The summed E-state index contributed by atoms with van der Waals surface area (Å²) in [5, 5.41) is 22.4. The highest BCUT2D eigenvalue weighted by Gasteiger charge is 2.14. The molecule has 1 aromatic carbocycles. The molecular weight excluding hydrogens is 270 g/mol. The Morgan fingerprint density at radius 3 is 2.67 bits per heavy atom. The second kappa shape index (κ2) is 6.85. The van der Waals surface area contributed by atoms with Crippen molar-refractivity contribution in [3.63, 3.8) is 0 Å². The Morgan fingerprint density at radius 1 is 1.29 bits per heavy atom. The zero-order chi connectivity index (χ0) is 15.2. The molecule has 21 heavy (non-hydrogen) atoms. The minimum atomic E-state index is -0.349. The second-order valence-corrected chi connectivity index (χ2v) is 4.85. The fourth-order valence-corrected chi connectivity index (χ4v) is 1.76. The Hall–Kier alpha value is -2.41. The molecule has 3 N–H and O–H groups in total. The van der Waals surface area contributed by atoms with E-state index in [0.717, 1.165) is 5.69 Å². The molecule has 2 aromatic rings. The number of hydrogen-bond acceptors (Lipinski definition) is 4. The summed E-state index contributed by atoms with van der Waals surface area (Å²) in [5.74, 6) is 0. The van der Waals surface area contributed by atoms with Crippen LogP contribution in [0, 0.1) is 0 Å². The van der Waals surface area contributed by atoms with Crippen molar-refractivity contribution in [3.05, 3.63) is 42.2 Å². The third-order valence-corrected chi connectivity index (χ3v) is 2.97. The first kappa shape index (κ1) is 15.0. The second-order valence-electron chi connectivity index (χ2n) is 4.85. The minimum absolute atomic E-state index is 0.105. The van der Waals surface area contributed by atoms with Crippen molar-refractivity contribution < 1.29 is 9.90 Å². The molecule has 0 bridgehead atoms. The normalized spacial score (nSPS) is 13.5. The molecule has 0 spiro atoms. The van der Waals surface area contributed by atoms with Gasteiger partial charge in [-0.05, 0) is 26.0 Å². The van der Waals surface area contributed by atoms with Gasteiger partial charge >= 0.3 is 6.03 Å². The fraction of sp³-hybridized carbons (Fsp3) is 0.357. The van der Waals surface area contributed by atoms with Crippen LogP contribution in [-0.4, -0.2) is 38.8 Å². The van der Waals surface area contributed by atoms with E-state index in [4.69, 9.17) is 5.11 Å². The van der Waals surface area contributed by atoms with Gasteiger partial charge in [0.25, 0.3) is 0 Å². The lowest BCUT2D eigenvalue weighted by Gasteiger charge is -2.15. The summed E-state index contributed by atoms with van der Waals surface area (Å²) in [5.41, 5.74) is 1.56. The van der Waals surface area contributed by atoms with Crippen molar-refractivity contribution in [2.45, 2.75) is 25.9 Å². The highest BCUT2D eigenvalue weighted by Crippen LogP contribution is 2.11. The van der Waals surface area contributed by atoms with Gasteiger partial charge < -0.3 is 15.7 Å². The van der Waals surface area contributed by atoms with Crippen molar-refractivity contribution in [1.82, 2.24) is 25.6 Å². The van der Waals surface area contributed by atoms with E-state index >= 15 is 0 Å². The van der Waals surface area contributed by atoms with Crippen molar-refractivity contribution in [2.24, 2.45) is 0 Å². The van der Waals surface area contributed by atoms with Crippen LogP contribution < -0.4 is 10.6 Å². The van der Waals surface area contributed by atoms with E-state index in [-0.39, 0.29) is 24.7 Å². The summed E-state index contributed by atoms with van der Waals surface area (Å²) in [6, 6.07) is 8.68. The fourth-order valence-electron chi connectivity index (χ4n) is 1.76. The number of carbonyl (C=O) groups excluding carboxylic acids is 1. The van der Waals surface area contributed by atoms with Gasteiger partial charge in [0.15, 0.2) is 0 Å². The van der Waals surface area contributed by atoms with Crippen LogP contribution >= 0.6 is 0 Å². The van der Waals surface area contributed by atoms with Gasteiger partial charge in [-0.2, -0.15) is 0 Å². The first-order valence-electron chi connectivity index (χ1n) is 6.75. The molecule has 2 rings (SSSR count). The third-order valence-electron chi connectivity index (χ3n) is 2.97. The van der Waals surface area contributed by atoms with Gasteiger partial charge in [-0.15, -0.1) is 5.10 Å². The average molecular weight is 289 g/mol. The van der Waals surface area contributed by atoms with Crippen LogP contribution in [0.15, 0.2) is 36.5 Å². The number of aliphatic hydroxyl groups is 1. The number of benzene rings is 1. The number of urea groups is 1. The molecule has 1 heterocycles. The van der Waals surface area contributed by atoms with Crippen LogP contribution in [0.1, 0.15) is 25.6 Å². The number of carbonyl (C=O) groups is 1. The number of aromatic nitrogens is 3. The van der Waals surface area contributed by atoms with Crippen LogP contribution in [0.25, 0.3) is 5.69 Å². The van der Waals surface area contributed by atoms with E-state index in [1.54, 1.807) is 17.8 Å². The number of rotatable bonds is 5. The number of para-hydroxylation sites is 1. The minimum Gasteiger partial charge on any atom is -0.394 e. The summed E-state index contributed by atoms with van der Waals surface area (Å²) in [6.07, 6.45) is 1.77. The Balaban J connectivity index is 1.99. The lowest BCUT2D eigenvalue weighted by molar-refractivity contribution is 0.218. The van der Waals surface area contributed by atoms with E-state index in [9.17, 15) is 4.79 Å². The summed E-state index contributed by atoms with van der Waals surface area (Å²) in [6.45, 7) is 3.43. The standard InChI is InChI=1S/C14H19N5O2/c1-10(9-20)15-14(21)16-11(2)13-8-19(18-17-13)12-6-4-3-5-7-12/h3-8,10-11,20H,9H2,1-2H3,(H2,15,16,21).